The van der Waals surface area contributed by atoms with E-state index in [2.05, 4.69) is 0 Å². The molecule has 2 saturated carbocycles. The number of hydrogen-bond acceptors (Lipinski definition) is 4. The summed E-state index contributed by atoms with van der Waals surface area (Å²) in [6.07, 6.45) is 14.5. The van der Waals surface area contributed by atoms with Gasteiger partial charge in [-0.3, -0.25) is 9.59 Å². The zero-order valence-electron chi connectivity index (χ0n) is 14.4. The summed E-state index contributed by atoms with van der Waals surface area (Å²) in [5.41, 5.74) is 0. The van der Waals surface area contributed by atoms with Crippen LogP contribution in [0.25, 0.3) is 0 Å². The molecule has 2 aliphatic carbocycles. The fraction of sp³-hybridized carbons (Fsp3) is 0.895. The molecule has 0 spiro atoms. The van der Waals surface area contributed by atoms with Gasteiger partial charge in [0.25, 0.3) is 0 Å². The largest absolute Gasteiger partial charge is 0.465 e. The highest BCUT2D eigenvalue weighted by molar-refractivity contribution is 5.91. The first-order chi connectivity index (χ1) is 11.2. The molecule has 132 valence electrons. The van der Waals surface area contributed by atoms with Crippen molar-refractivity contribution in [1.29, 1.82) is 0 Å². The lowest BCUT2D eigenvalue weighted by Crippen LogP contribution is -2.15. The summed E-state index contributed by atoms with van der Waals surface area (Å²) in [7, 11) is 0. The van der Waals surface area contributed by atoms with Crippen LogP contribution >= 0.6 is 0 Å². The highest BCUT2D eigenvalue weighted by atomic mass is 16.6. The Balaban J connectivity index is 1.32. The molecule has 0 aromatic heterocycles. The second kappa shape index (κ2) is 10.7. The Bertz CT molecular complexity index is 324. The minimum absolute atomic E-state index is 0.246. The standard InChI is InChI=1S/C19H32O4/c20-18(22-13-5-1-3-7-16-9-10-16)15-19(21)23-14-6-2-4-8-17-11-12-17/h16-17H,1-15H2. The molecule has 0 aromatic carbocycles. The SMILES string of the molecule is O=C(CC(=O)OCCCCCC1CC1)OCCCCCC1CC1. The molecular formula is C19H32O4. The quantitative estimate of drug-likeness (QED) is 0.270. The van der Waals surface area contributed by atoms with Crippen LogP contribution in [0.3, 0.4) is 0 Å². The van der Waals surface area contributed by atoms with Crippen LogP contribution < -0.4 is 0 Å². The Hall–Kier alpha value is -1.06. The second-order valence-corrected chi connectivity index (χ2v) is 7.20. The van der Waals surface area contributed by atoms with Crippen molar-refractivity contribution in [3.8, 4) is 0 Å². The van der Waals surface area contributed by atoms with Crippen LogP contribution in [0, 0.1) is 11.8 Å². The highest BCUT2D eigenvalue weighted by Gasteiger charge is 2.20. The summed E-state index contributed by atoms with van der Waals surface area (Å²) < 4.78 is 10.1. The normalized spacial score (nSPS) is 17.0. The number of esters is 2. The Kier molecular flexibility index (Phi) is 8.48. The van der Waals surface area contributed by atoms with Crippen molar-refractivity contribution < 1.29 is 19.1 Å². The maximum atomic E-state index is 11.5. The molecule has 0 unspecified atom stereocenters. The molecule has 2 rings (SSSR count). The second-order valence-electron chi connectivity index (χ2n) is 7.20. The van der Waals surface area contributed by atoms with Crippen LogP contribution in [0.15, 0.2) is 0 Å². The van der Waals surface area contributed by atoms with Gasteiger partial charge in [-0.1, -0.05) is 64.2 Å². The molecule has 0 radical (unpaired) electrons. The van der Waals surface area contributed by atoms with Gasteiger partial charge in [0, 0.05) is 0 Å². The highest BCUT2D eigenvalue weighted by Crippen LogP contribution is 2.34. The van der Waals surface area contributed by atoms with Crippen LogP contribution in [-0.4, -0.2) is 25.2 Å². The van der Waals surface area contributed by atoms with Crippen LogP contribution in [-0.2, 0) is 19.1 Å². The lowest BCUT2D eigenvalue weighted by Gasteiger charge is -2.06. The zero-order chi connectivity index (χ0) is 16.3. The van der Waals surface area contributed by atoms with Crippen molar-refractivity contribution in [3.05, 3.63) is 0 Å². The van der Waals surface area contributed by atoms with Crippen LogP contribution in [0.2, 0.25) is 0 Å². The van der Waals surface area contributed by atoms with Crippen molar-refractivity contribution in [1.82, 2.24) is 0 Å². The molecule has 0 amide bonds. The summed E-state index contributed by atoms with van der Waals surface area (Å²) >= 11 is 0. The Labute approximate surface area is 140 Å². The number of carbonyl (C=O) groups is 2. The maximum Gasteiger partial charge on any atom is 0.317 e. The Morgan fingerprint density at radius 2 is 1.09 bits per heavy atom. The number of rotatable bonds is 14. The van der Waals surface area contributed by atoms with E-state index in [9.17, 15) is 9.59 Å². The monoisotopic (exact) mass is 324 g/mol. The van der Waals surface area contributed by atoms with E-state index in [1.165, 1.54) is 51.4 Å². The summed E-state index contributed by atoms with van der Waals surface area (Å²) in [5, 5.41) is 0. The third-order valence-corrected chi connectivity index (χ3v) is 4.72. The predicted octanol–water partition coefficient (Wildman–Crippen LogP) is 4.40. The molecule has 0 saturated heterocycles. The average molecular weight is 324 g/mol. The molecule has 0 heterocycles. The van der Waals surface area contributed by atoms with E-state index in [0.717, 1.165) is 37.5 Å². The van der Waals surface area contributed by atoms with Crippen LogP contribution in [0.5, 0.6) is 0 Å². The maximum absolute atomic E-state index is 11.5. The van der Waals surface area contributed by atoms with E-state index in [-0.39, 0.29) is 6.42 Å². The summed E-state index contributed by atoms with van der Waals surface area (Å²) in [4.78, 5) is 23.0. The van der Waals surface area contributed by atoms with Crippen molar-refractivity contribution >= 4 is 11.9 Å². The molecule has 4 heteroatoms. The van der Waals surface area contributed by atoms with Gasteiger partial charge in [0.05, 0.1) is 13.2 Å². The first-order valence-electron chi connectivity index (χ1n) is 9.55. The van der Waals surface area contributed by atoms with Gasteiger partial charge in [-0.25, -0.2) is 0 Å². The minimum Gasteiger partial charge on any atom is -0.465 e. The van der Waals surface area contributed by atoms with Gasteiger partial charge in [0.1, 0.15) is 6.42 Å². The average Bonchev–Trinajstić information content (AvgIpc) is 3.40. The van der Waals surface area contributed by atoms with E-state index < -0.39 is 11.9 Å². The first kappa shape index (κ1) is 18.3. The molecule has 0 N–H and O–H groups in total. The smallest absolute Gasteiger partial charge is 0.317 e. The molecule has 4 nitrogen and oxygen atoms in total. The predicted molar refractivity (Wildman–Crippen MR) is 88.9 cm³/mol. The topological polar surface area (TPSA) is 52.6 Å². The zero-order valence-corrected chi connectivity index (χ0v) is 14.4. The lowest BCUT2D eigenvalue weighted by molar-refractivity contribution is -0.154. The van der Waals surface area contributed by atoms with Gasteiger partial charge in [0.15, 0.2) is 0 Å². The Morgan fingerprint density at radius 1 is 0.652 bits per heavy atom. The molecule has 0 atom stereocenters. The first-order valence-corrected chi connectivity index (χ1v) is 9.55. The van der Waals surface area contributed by atoms with Gasteiger partial charge in [-0.05, 0) is 24.7 Å². The van der Waals surface area contributed by atoms with Gasteiger partial charge in [-0.15, -0.1) is 0 Å². The van der Waals surface area contributed by atoms with E-state index in [1.54, 1.807) is 0 Å². The van der Waals surface area contributed by atoms with Gasteiger partial charge < -0.3 is 9.47 Å². The summed E-state index contributed by atoms with van der Waals surface area (Å²) in [5.74, 6) is 1.04. The molecule has 0 bridgehead atoms. The number of unbranched alkanes of at least 4 members (excludes halogenated alkanes) is 4. The van der Waals surface area contributed by atoms with Crippen molar-refractivity contribution in [2.75, 3.05) is 13.2 Å². The Morgan fingerprint density at radius 3 is 1.48 bits per heavy atom. The fourth-order valence-electron chi connectivity index (χ4n) is 2.83. The lowest BCUT2D eigenvalue weighted by atomic mass is 10.1. The molecule has 0 aromatic rings. The van der Waals surface area contributed by atoms with Crippen molar-refractivity contribution in [2.24, 2.45) is 11.8 Å². The van der Waals surface area contributed by atoms with Gasteiger partial charge in [-0.2, -0.15) is 0 Å². The fourth-order valence-corrected chi connectivity index (χ4v) is 2.83. The minimum atomic E-state index is -0.453. The van der Waals surface area contributed by atoms with E-state index in [4.69, 9.17) is 9.47 Å². The number of ether oxygens (including phenoxy) is 2. The van der Waals surface area contributed by atoms with E-state index in [1.807, 2.05) is 0 Å². The number of hydrogen-bond donors (Lipinski definition) is 0. The third kappa shape index (κ3) is 10.4. The van der Waals surface area contributed by atoms with Crippen molar-refractivity contribution in [3.63, 3.8) is 0 Å². The summed E-state index contributed by atoms with van der Waals surface area (Å²) in [6.45, 7) is 0.857. The summed E-state index contributed by atoms with van der Waals surface area (Å²) in [6, 6.07) is 0. The van der Waals surface area contributed by atoms with Crippen LogP contribution in [0.1, 0.15) is 83.5 Å². The van der Waals surface area contributed by atoms with E-state index >= 15 is 0 Å². The molecule has 2 fully saturated rings. The van der Waals surface area contributed by atoms with Crippen LogP contribution in [0.4, 0.5) is 0 Å². The molecule has 23 heavy (non-hydrogen) atoms. The molecule has 0 aliphatic heterocycles. The van der Waals surface area contributed by atoms with E-state index in [0.29, 0.717) is 13.2 Å². The molecular weight excluding hydrogens is 292 g/mol. The third-order valence-electron chi connectivity index (χ3n) is 4.72. The van der Waals surface area contributed by atoms with Gasteiger partial charge in [0.2, 0.25) is 0 Å². The number of carbonyl (C=O) groups excluding carboxylic acids is 2. The molecule has 2 aliphatic rings. The van der Waals surface area contributed by atoms with Crippen molar-refractivity contribution in [2.45, 2.75) is 83.5 Å². The van der Waals surface area contributed by atoms with Gasteiger partial charge >= 0.3 is 11.9 Å².